The highest BCUT2D eigenvalue weighted by Gasteiger charge is 2.11. The van der Waals surface area contributed by atoms with Gasteiger partial charge in [0.05, 0.1) is 17.8 Å². The van der Waals surface area contributed by atoms with Crippen LogP contribution in [-0.2, 0) is 11.2 Å². The lowest BCUT2D eigenvalue weighted by molar-refractivity contribution is -0.115. The molecule has 2 aromatic heterocycles. The topological polar surface area (TPSA) is 59.8 Å². The van der Waals surface area contributed by atoms with Gasteiger partial charge >= 0.3 is 0 Å². The van der Waals surface area contributed by atoms with Crippen molar-refractivity contribution in [1.29, 1.82) is 0 Å². The molecule has 0 spiro atoms. The minimum Gasteiger partial charge on any atom is -0.326 e. The molecule has 0 aliphatic rings. The van der Waals surface area contributed by atoms with Crippen molar-refractivity contribution in [2.45, 2.75) is 27.2 Å². The van der Waals surface area contributed by atoms with Crippen LogP contribution in [0.2, 0.25) is 0 Å². The first-order chi connectivity index (χ1) is 11.0. The van der Waals surface area contributed by atoms with Crippen molar-refractivity contribution < 1.29 is 4.79 Å². The molecule has 2 heterocycles. The molecular formula is C17H18N4OS. The minimum atomic E-state index is -0.0703. The number of nitrogens with zero attached hydrogens (tertiary/aromatic N) is 3. The molecule has 0 bridgehead atoms. The normalized spacial score (nSPS) is 10.7. The molecule has 3 rings (SSSR count). The van der Waals surface area contributed by atoms with Gasteiger partial charge in [-0.15, -0.1) is 11.3 Å². The van der Waals surface area contributed by atoms with E-state index in [1.54, 1.807) is 4.68 Å². The second kappa shape index (κ2) is 6.34. The van der Waals surface area contributed by atoms with E-state index in [0.717, 1.165) is 33.5 Å². The number of aromatic nitrogens is 3. The van der Waals surface area contributed by atoms with Gasteiger partial charge in [0.25, 0.3) is 0 Å². The Morgan fingerprint density at radius 3 is 2.61 bits per heavy atom. The number of hydrogen-bond donors (Lipinski definition) is 1. The molecule has 0 aliphatic carbocycles. The molecule has 0 saturated heterocycles. The van der Waals surface area contributed by atoms with Crippen molar-refractivity contribution in [2.75, 3.05) is 5.32 Å². The first-order valence-corrected chi connectivity index (χ1v) is 8.24. The van der Waals surface area contributed by atoms with E-state index in [-0.39, 0.29) is 12.3 Å². The van der Waals surface area contributed by atoms with Crippen LogP contribution in [0.3, 0.4) is 0 Å². The molecular weight excluding hydrogens is 308 g/mol. The van der Waals surface area contributed by atoms with Crippen molar-refractivity contribution in [2.24, 2.45) is 0 Å². The van der Waals surface area contributed by atoms with Crippen LogP contribution in [0, 0.1) is 20.8 Å². The van der Waals surface area contributed by atoms with E-state index in [1.165, 1.54) is 11.3 Å². The Kier molecular flexibility index (Phi) is 4.25. The Labute approximate surface area is 139 Å². The molecule has 0 aliphatic heterocycles. The number of anilines is 1. The lowest BCUT2D eigenvalue weighted by Crippen LogP contribution is -2.14. The maximum absolute atomic E-state index is 12.1. The van der Waals surface area contributed by atoms with E-state index in [1.807, 2.05) is 56.5 Å². The number of nitrogens with one attached hydrogen (secondary N) is 1. The van der Waals surface area contributed by atoms with Crippen LogP contribution in [0.5, 0.6) is 0 Å². The predicted octanol–water partition coefficient (Wildman–Crippen LogP) is 3.44. The first kappa shape index (κ1) is 15.4. The van der Waals surface area contributed by atoms with Gasteiger partial charge in [-0.1, -0.05) is 17.7 Å². The zero-order valence-electron chi connectivity index (χ0n) is 13.3. The van der Waals surface area contributed by atoms with Crippen LogP contribution in [0.25, 0.3) is 5.13 Å². The van der Waals surface area contributed by atoms with Gasteiger partial charge in [-0.3, -0.25) is 4.79 Å². The van der Waals surface area contributed by atoms with Crippen LogP contribution >= 0.6 is 11.3 Å². The van der Waals surface area contributed by atoms with Crippen molar-refractivity contribution in [3.8, 4) is 5.13 Å². The fourth-order valence-electron chi connectivity index (χ4n) is 2.30. The number of benzene rings is 1. The number of carbonyl (C=O) groups is 1. The zero-order chi connectivity index (χ0) is 16.4. The number of aryl methyl sites for hydroxylation is 3. The molecule has 0 unspecified atom stereocenters. The quantitative estimate of drug-likeness (QED) is 0.799. The average Bonchev–Trinajstić information content (AvgIpc) is 3.07. The minimum absolute atomic E-state index is 0.0703. The van der Waals surface area contributed by atoms with Gasteiger partial charge in [-0.05, 0) is 39.0 Å². The van der Waals surface area contributed by atoms with Crippen LogP contribution in [-0.4, -0.2) is 20.7 Å². The van der Waals surface area contributed by atoms with Crippen LogP contribution in [0.1, 0.15) is 22.6 Å². The maximum Gasteiger partial charge on any atom is 0.230 e. The highest BCUT2D eigenvalue weighted by atomic mass is 32.1. The Bertz CT molecular complexity index is 833. The maximum atomic E-state index is 12.1. The van der Waals surface area contributed by atoms with Gasteiger partial charge in [0, 0.05) is 16.8 Å². The van der Waals surface area contributed by atoms with E-state index in [2.05, 4.69) is 15.4 Å². The lowest BCUT2D eigenvalue weighted by Gasteiger charge is -2.04. The smallest absolute Gasteiger partial charge is 0.230 e. The van der Waals surface area contributed by atoms with Crippen molar-refractivity contribution in [3.63, 3.8) is 0 Å². The van der Waals surface area contributed by atoms with Gasteiger partial charge in [0.15, 0.2) is 0 Å². The largest absolute Gasteiger partial charge is 0.326 e. The summed E-state index contributed by atoms with van der Waals surface area (Å²) in [6, 6.07) is 9.75. The molecule has 6 heteroatoms. The number of amides is 1. The van der Waals surface area contributed by atoms with Gasteiger partial charge in [0.2, 0.25) is 11.0 Å². The Morgan fingerprint density at radius 2 is 1.96 bits per heavy atom. The third kappa shape index (κ3) is 3.65. The highest BCUT2D eigenvalue weighted by molar-refractivity contribution is 7.12. The van der Waals surface area contributed by atoms with Crippen LogP contribution in [0.15, 0.2) is 35.7 Å². The molecule has 0 fully saturated rings. The number of rotatable bonds is 4. The Morgan fingerprint density at radius 1 is 1.22 bits per heavy atom. The van der Waals surface area contributed by atoms with Gasteiger partial charge in [0.1, 0.15) is 0 Å². The molecule has 1 N–H and O–H groups in total. The number of thiazole rings is 1. The van der Waals surface area contributed by atoms with Crippen LogP contribution in [0.4, 0.5) is 5.69 Å². The molecule has 1 aromatic carbocycles. The zero-order valence-corrected chi connectivity index (χ0v) is 14.1. The SMILES string of the molecule is Cc1ccc(NC(=O)Cc2csc(-n3nc(C)cc3C)n2)cc1. The molecule has 0 radical (unpaired) electrons. The highest BCUT2D eigenvalue weighted by Crippen LogP contribution is 2.18. The Hall–Kier alpha value is -2.47. The van der Waals surface area contributed by atoms with E-state index >= 15 is 0 Å². The molecule has 118 valence electrons. The Balaban J connectivity index is 1.68. The molecule has 3 aromatic rings. The molecule has 23 heavy (non-hydrogen) atoms. The molecule has 1 amide bonds. The molecule has 5 nitrogen and oxygen atoms in total. The predicted molar refractivity (Wildman–Crippen MR) is 92.2 cm³/mol. The standard InChI is InChI=1S/C17H18N4OS/c1-11-4-6-14(7-5-11)18-16(22)9-15-10-23-17(19-15)21-13(3)8-12(2)20-21/h4-8,10H,9H2,1-3H3,(H,18,22). The summed E-state index contributed by atoms with van der Waals surface area (Å²) >= 11 is 1.49. The van der Waals surface area contributed by atoms with E-state index in [9.17, 15) is 4.79 Å². The summed E-state index contributed by atoms with van der Waals surface area (Å²) in [7, 11) is 0. The fourth-order valence-corrected chi connectivity index (χ4v) is 3.14. The third-order valence-electron chi connectivity index (χ3n) is 3.41. The van der Waals surface area contributed by atoms with Gasteiger partial charge in [-0.25, -0.2) is 9.67 Å². The van der Waals surface area contributed by atoms with Gasteiger partial charge in [-0.2, -0.15) is 5.10 Å². The van der Waals surface area contributed by atoms with Crippen molar-refractivity contribution >= 4 is 22.9 Å². The van der Waals surface area contributed by atoms with Crippen molar-refractivity contribution in [3.05, 3.63) is 58.4 Å². The summed E-state index contributed by atoms with van der Waals surface area (Å²) in [6.07, 6.45) is 0.254. The first-order valence-electron chi connectivity index (χ1n) is 7.36. The van der Waals surface area contributed by atoms with Crippen molar-refractivity contribution in [1.82, 2.24) is 14.8 Å². The second-order valence-electron chi connectivity index (χ2n) is 5.55. The fraction of sp³-hybridized carbons (Fsp3) is 0.235. The second-order valence-corrected chi connectivity index (χ2v) is 6.39. The summed E-state index contributed by atoms with van der Waals surface area (Å²) in [5, 5.41) is 9.99. The summed E-state index contributed by atoms with van der Waals surface area (Å²) in [4.78, 5) is 16.6. The monoisotopic (exact) mass is 326 g/mol. The average molecular weight is 326 g/mol. The van der Waals surface area contributed by atoms with E-state index < -0.39 is 0 Å². The summed E-state index contributed by atoms with van der Waals surface area (Å²) < 4.78 is 1.81. The van der Waals surface area contributed by atoms with Crippen LogP contribution < -0.4 is 5.32 Å². The summed E-state index contributed by atoms with van der Waals surface area (Å²) in [5.41, 5.74) is 4.71. The number of hydrogen-bond acceptors (Lipinski definition) is 4. The van der Waals surface area contributed by atoms with Gasteiger partial charge < -0.3 is 5.32 Å². The lowest BCUT2D eigenvalue weighted by atomic mass is 10.2. The molecule has 0 saturated carbocycles. The van der Waals surface area contributed by atoms with E-state index in [0.29, 0.717) is 0 Å². The summed E-state index contributed by atoms with van der Waals surface area (Å²) in [6.45, 7) is 5.96. The third-order valence-corrected chi connectivity index (χ3v) is 4.27. The number of carbonyl (C=O) groups excluding carboxylic acids is 1. The van der Waals surface area contributed by atoms with E-state index in [4.69, 9.17) is 0 Å². The summed E-state index contributed by atoms with van der Waals surface area (Å²) in [5.74, 6) is -0.0703. The molecule has 0 atom stereocenters.